The van der Waals surface area contributed by atoms with Crippen molar-refractivity contribution in [3.63, 3.8) is 0 Å². The highest BCUT2D eigenvalue weighted by molar-refractivity contribution is 4.79. The Labute approximate surface area is 71.4 Å². The lowest BCUT2D eigenvalue weighted by molar-refractivity contribution is 0.277. The Morgan fingerprint density at radius 1 is 1.36 bits per heavy atom. The Balaban J connectivity index is 2.21. The molecule has 0 amide bonds. The summed E-state index contributed by atoms with van der Waals surface area (Å²) in [6.45, 7) is 4.53. The van der Waals surface area contributed by atoms with Gasteiger partial charge in [0.1, 0.15) is 0 Å². The van der Waals surface area contributed by atoms with E-state index in [0.29, 0.717) is 0 Å². The monoisotopic (exact) mass is 153 g/mol. The Morgan fingerprint density at radius 3 is 2.82 bits per heavy atom. The Kier molecular flexibility index (Phi) is 3.96. The second kappa shape index (κ2) is 4.79. The van der Waals surface area contributed by atoms with Crippen LogP contribution in [-0.2, 0) is 0 Å². The minimum atomic E-state index is 0.945. The first-order valence-corrected chi connectivity index (χ1v) is 5.16. The summed E-state index contributed by atoms with van der Waals surface area (Å²) in [5.41, 5.74) is 0. The molecule has 1 saturated carbocycles. The molecule has 0 aliphatic heterocycles. The summed E-state index contributed by atoms with van der Waals surface area (Å²) in [5, 5.41) is 0. The van der Waals surface area contributed by atoms with Crippen LogP contribution in [0, 0.1) is 18.3 Å². The fourth-order valence-electron chi connectivity index (χ4n) is 2.31. The van der Waals surface area contributed by atoms with E-state index in [1.165, 1.54) is 38.5 Å². The fourth-order valence-corrected chi connectivity index (χ4v) is 2.31. The molecule has 65 valence electrons. The molecule has 0 heterocycles. The molecule has 1 radical (unpaired) electrons. The SMILES string of the molecule is C[CH]C1CCCC(CCC)C1. The molecule has 0 aromatic rings. The number of rotatable bonds is 3. The predicted molar refractivity (Wildman–Crippen MR) is 50.3 cm³/mol. The van der Waals surface area contributed by atoms with Gasteiger partial charge in [-0.25, -0.2) is 0 Å². The first-order valence-electron chi connectivity index (χ1n) is 5.16. The molecule has 1 rings (SSSR count). The molecular formula is C11H21. The largest absolute Gasteiger partial charge is 0.0654 e. The maximum atomic E-state index is 2.40. The smallest absolute Gasteiger partial charge is 0.0383 e. The van der Waals surface area contributed by atoms with Gasteiger partial charge in [-0.2, -0.15) is 0 Å². The summed E-state index contributed by atoms with van der Waals surface area (Å²) >= 11 is 0. The summed E-state index contributed by atoms with van der Waals surface area (Å²) in [4.78, 5) is 0. The van der Waals surface area contributed by atoms with E-state index in [1.54, 1.807) is 0 Å². The van der Waals surface area contributed by atoms with E-state index in [-0.39, 0.29) is 0 Å². The molecule has 1 aliphatic rings. The van der Waals surface area contributed by atoms with Crippen molar-refractivity contribution in [2.24, 2.45) is 11.8 Å². The van der Waals surface area contributed by atoms with Gasteiger partial charge >= 0.3 is 0 Å². The van der Waals surface area contributed by atoms with E-state index in [9.17, 15) is 0 Å². The van der Waals surface area contributed by atoms with Gasteiger partial charge in [0.15, 0.2) is 0 Å². The van der Waals surface area contributed by atoms with Gasteiger partial charge < -0.3 is 0 Å². The van der Waals surface area contributed by atoms with Gasteiger partial charge in [0.25, 0.3) is 0 Å². The number of hydrogen-bond acceptors (Lipinski definition) is 0. The molecule has 0 nitrogen and oxygen atoms in total. The summed E-state index contributed by atoms with van der Waals surface area (Å²) in [5.74, 6) is 2.00. The summed E-state index contributed by atoms with van der Waals surface area (Å²) in [6.07, 6.45) is 11.1. The summed E-state index contributed by atoms with van der Waals surface area (Å²) in [6, 6.07) is 0. The first kappa shape index (κ1) is 9.09. The highest BCUT2D eigenvalue weighted by Gasteiger charge is 2.19. The van der Waals surface area contributed by atoms with Crippen molar-refractivity contribution in [2.45, 2.75) is 52.4 Å². The Bertz CT molecular complexity index is 94.2. The van der Waals surface area contributed by atoms with Crippen LogP contribution in [0.3, 0.4) is 0 Å². The normalized spacial score (nSPS) is 32.2. The maximum Gasteiger partial charge on any atom is -0.0383 e. The third-order valence-electron chi connectivity index (χ3n) is 2.99. The molecule has 0 spiro atoms. The zero-order valence-corrected chi connectivity index (χ0v) is 7.97. The van der Waals surface area contributed by atoms with Crippen LogP contribution in [0.1, 0.15) is 52.4 Å². The lowest BCUT2D eigenvalue weighted by Crippen LogP contribution is -2.14. The quantitative estimate of drug-likeness (QED) is 0.578. The minimum absolute atomic E-state index is 0.945. The lowest BCUT2D eigenvalue weighted by atomic mass is 9.78. The van der Waals surface area contributed by atoms with Crippen LogP contribution < -0.4 is 0 Å². The van der Waals surface area contributed by atoms with Gasteiger partial charge in [-0.15, -0.1) is 0 Å². The first-order chi connectivity index (χ1) is 5.36. The fraction of sp³-hybridized carbons (Fsp3) is 0.909. The topological polar surface area (TPSA) is 0 Å². The average molecular weight is 153 g/mol. The van der Waals surface area contributed by atoms with E-state index in [2.05, 4.69) is 20.3 Å². The van der Waals surface area contributed by atoms with E-state index in [4.69, 9.17) is 0 Å². The number of hydrogen-bond donors (Lipinski definition) is 0. The van der Waals surface area contributed by atoms with Crippen molar-refractivity contribution >= 4 is 0 Å². The average Bonchev–Trinajstić information content (AvgIpc) is 2.06. The van der Waals surface area contributed by atoms with Crippen LogP contribution in [0.2, 0.25) is 0 Å². The third-order valence-corrected chi connectivity index (χ3v) is 2.99. The standard InChI is InChI=1S/C11H21/c1-3-6-11-8-5-7-10(4-2)9-11/h4,10-11H,3,5-9H2,1-2H3. The molecule has 0 N–H and O–H groups in total. The highest BCUT2D eigenvalue weighted by atomic mass is 14.2. The van der Waals surface area contributed by atoms with Crippen LogP contribution in [0.5, 0.6) is 0 Å². The van der Waals surface area contributed by atoms with Gasteiger partial charge in [-0.3, -0.25) is 0 Å². The van der Waals surface area contributed by atoms with E-state index in [0.717, 1.165) is 11.8 Å². The molecule has 0 saturated heterocycles. The van der Waals surface area contributed by atoms with Crippen LogP contribution in [0.4, 0.5) is 0 Å². The van der Waals surface area contributed by atoms with Crippen molar-refractivity contribution in [3.05, 3.63) is 6.42 Å². The van der Waals surface area contributed by atoms with Gasteiger partial charge in [0.05, 0.1) is 0 Å². The minimum Gasteiger partial charge on any atom is -0.0654 e. The van der Waals surface area contributed by atoms with E-state index in [1.807, 2.05) is 0 Å². The molecule has 0 bridgehead atoms. The molecule has 0 aromatic carbocycles. The molecule has 2 atom stereocenters. The third kappa shape index (κ3) is 2.84. The molecule has 1 aliphatic carbocycles. The van der Waals surface area contributed by atoms with Crippen molar-refractivity contribution in [2.75, 3.05) is 0 Å². The van der Waals surface area contributed by atoms with Crippen molar-refractivity contribution in [3.8, 4) is 0 Å². The molecule has 0 aromatic heterocycles. The van der Waals surface area contributed by atoms with Gasteiger partial charge in [0, 0.05) is 0 Å². The van der Waals surface area contributed by atoms with Gasteiger partial charge in [-0.05, 0) is 24.7 Å². The van der Waals surface area contributed by atoms with Crippen LogP contribution in [-0.4, -0.2) is 0 Å². The molecule has 0 heteroatoms. The zero-order valence-electron chi connectivity index (χ0n) is 7.97. The van der Waals surface area contributed by atoms with E-state index >= 15 is 0 Å². The van der Waals surface area contributed by atoms with Crippen molar-refractivity contribution in [1.29, 1.82) is 0 Å². The lowest BCUT2D eigenvalue weighted by Gasteiger charge is -2.27. The summed E-state index contributed by atoms with van der Waals surface area (Å²) < 4.78 is 0. The Hall–Kier alpha value is 0. The van der Waals surface area contributed by atoms with Crippen LogP contribution in [0.25, 0.3) is 0 Å². The van der Waals surface area contributed by atoms with Crippen molar-refractivity contribution in [1.82, 2.24) is 0 Å². The second-order valence-corrected chi connectivity index (χ2v) is 3.91. The predicted octanol–water partition coefficient (Wildman–Crippen LogP) is 3.82. The highest BCUT2D eigenvalue weighted by Crippen LogP contribution is 2.32. The molecule has 1 fully saturated rings. The molecular weight excluding hydrogens is 132 g/mol. The summed E-state index contributed by atoms with van der Waals surface area (Å²) in [7, 11) is 0. The molecule has 11 heavy (non-hydrogen) atoms. The van der Waals surface area contributed by atoms with Gasteiger partial charge in [0.2, 0.25) is 0 Å². The van der Waals surface area contributed by atoms with Gasteiger partial charge in [-0.1, -0.05) is 46.0 Å². The van der Waals surface area contributed by atoms with Crippen LogP contribution >= 0.6 is 0 Å². The maximum absolute atomic E-state index is 2.40. The molecule has 2 unspecified atom stereocenters. The van der Waals surface area contributed by atoms with E-state index < -0.39 is 0 Å². The van der Waals surface area contributed by atoms with Crippen LogP contribution in [0.15, 0.2) is 0 Å². The Morgan fingerprint density at radius 2 is 2.18 bits per heavy atom. The second-order valence-electron chi connectivity index (χ2n) is 3.91. The zero-order chi connectivity index (χ0) is 8.10. The van der Waals surface area contributed by atoms with Crippen molar-refractivity contribution < 1.29 is 0 Å².